The minimum Gasteiger partial charge on any atom is -0.259 e. The summed E-state index contributed by atoms with van der Waals surface area (Å²) in [5, 5.41) is 0.663. The van der Waals surface area contributed by atoms with Gasteiger partial charge in [0.25, 0.3) is 0 Å². The van der Waals surface area contributed by atoms with E-state index in [2.05, 4.69) is 25.7 Å². The van der Waals surface area contributed by atoms with E-state index in [-0.39, 0.29) is 0 Å². The number of rotatable bonds is 3. The summed E-state index contributed by atoms with van der Waals surface area (Å²) >= 11 is 14.5. The summed E-state index contributed by atoms with van der Waals surface area (Å²) in [5.74, 6) is 0. The van der Waals surface area contributed by atoms with Crippen LogP contribution in [0.25, 0.3) is 0 Å². The molecule has 2 nitrogen and oxygen atoms in total. The molecule has 0 aromatic carbocycles. The monoisotopic (exact) mass is 268 g/mol. The van der Waals surface area contributed by atoms with Crippen LogP contribution in [-0.2, 0) is 6.42 Å². The van der Waals surface area contributed by atoms with Gasteiger partial charge in [0.15, 0.2) is 0 Å². The highest BCUT2D eigenvalue weighted by Gasteiger charge is 2.01. The number of aromatic nitrogens is 1. The van der Waals surface area contributed by atoms with Gasteiger partial charge in [0, 0.05) is 23.6 Å². The van der Waals surface area contributed by atoms with Crippen LogP contribution in [-0.4, -0.2) is 11.5 Å². The number of hydrogen-bond acceptors (Lipinski definition) is 2. The predicted octanol–water partition coefficient (Wildman–Crippen LogP) is 2.78. The molecule has 0 aliphatic heterocycles. The lowest BCUT2D eigenvalue weighted by molar-refractivity contribution is 0.868. The van der Waals surface area contributed by atoms with Crippen molar-refractivity contribution < 1.29 is 0 Å². The van der Waals surface area contributed by atoms with Gasteiger partial charge in [0.2, 0.25) is 0 Å². The van der Waals surface area contributed by atoms with Gasteiger partial charge in [-0.25, -0.2) is 4.84 Å². The van der Waals surface area contributed by atoms with Crippen molar-refractivity contribution >= 4 is 39.3 Å². The predicted molar refractivity (Wildman–Crippen MR) is 54.5 cm³/mol. The average molecular weight is 270 g/mol. The first-order chi connectivity index (χ1) is 5.74. The summed E-state index contributed by atoms with van der Waals surface area (Å²) < 4.78 is 0.884. The largest absolute Gasteiger partial charge is 0.259 e. The van der Waals surface area contributed by atoms with Gasteiger partial charge in [0.1, 0.15) is 0 Å². The third kappa shape index (κ3) is 2.90. The van der Waals surface area contributed by atoms with Gasteiger partial charge < -0.3 is 0 Å². The molecule has 0 aliphatic carbocycles. The lowest BCUT2D eigenvalue weighted by Gasteiger charge is -2.01. The molecule has 0 saturated heterocycles. The summed E-state index contributed by atoms with van der Waals surface area (Å²) in [6, 6.07) is 1.82. The minimum absolute atomic E-state index is 0.663. The zero-order chi connectivity index (χ0) is 8.97. The Kier molecular flexibility index (Phi) is 4.29. The van der Waals surface area contributed by atoms with E-state index in [9.17, 15) is 0 Å². The highest BCUT2D eigenvalue weighted by Crippen LogP contribution is 2.18. The van der Waals surface area contributed by atoms with Gasteiger partial charge >= 0.3 is 0 Å². The number of hydrogen-bond donors (Lipinski definition) is 1. The fourth-order valence-corrected chi connectivity index (χ4v) is 1.61. The molecule has 1 aromatic rings. The van der Waals surface area contributed by atoms with E-state index in [4.69, 9.17) is 23.4 Å². The Labute approximate surface area is 89.5 Å². The average Bonchev–Trinajstić information content (AvgIpc) is 2.03. The smallest absolute Gasteiger partial charge is 0.0633 e. The molecule has 5 heteroatoms. The van der Waals surface area contributed by atoms with E-state index in [1.807, 2.05) is 6.07 Å². The Hall–Kier alpha value is 0.170. The quantitative estimate of drug-likeness (QED) is 0.854. The van der Waals surface area contributed by atoms with Crippen molar-refractivity contribution in [3.63, 3.8) is 0 Å². The Balaban J connectivity index is 2.72. The fourth-order valence-electron chi connectivity index (χ4n) is 0.792. The van der Waals surface area contributed by atoms with Crippen molar-refractivity contribution in [2.45, 2.75) is 6.42 Å². The Bertz CT molecular complexity index is 268. The molecule has 12 heavy (non-hydrogen) atoms. The highest BCUT2D eigenvalue weighted by molar-refractivity contribution is 9.10. The number of nitrogens with zero attached hydrogens (tertiary/aromatic N) is 1. The second-order valence-electron chi connectivity index (χ2n) is 2.22. The summed E-state index contributed by atoms with van der Waals surface area (Å²) in [4.78, 5) is 6.66. The lowest BCUT2D eigenvalue weighted by Crippen LogP contribution is -2.06. The first-order valence-corrected chi connectivity index (χ1v) is 4.92. The van der Waals surface area contributed by atoms with Gasteiger partial charge in [-0.1, -0.05) is 11.6 Å². The maximum absolute atomic E-state index is 5.90. The minimum atomic E-state index is 0.663. The van der Waals surface area contributed by atoms with E-state index in [1.165, 1.54) is 0 Å². The topological polar surface area (TPSA) is 24.9 Å². The van der Waals surface area contributed by atoms with Crippen LogP contribution in [0.5, 0.6) is 0 Å². The second-order valence-corrected chi connectivity index (χ2v) is 3.81. The molecular weight excluding hydrogens is 263 g/mol. The SMILES string of the molecule is ClNCCc1ncc(Br)cc1Cl. The standard InChI is InChI=1S/C7H7BrCl2N2/c8-5-3-6(9)7(11-4-5)1-2-12-10/h3-4,12H,1-2H2. The molecule has 1 aromatic heterocycles. The molecule has 1 rings (SSSR count). The molecule has 0 spiro atoms. The van der Waals surface area contributed by atoms with Crippen LogP contribution < -0.4 is 4.84 Å². The van der Waals surface area contributed by atoms with E-state index >= 15 is 0 Å². The molecule has 0 unspecified atom stereocenters. The molecule has 0 atom stereocenters. The van der Waals surface area contributed by atoms with E-state index in [1.54, 1.807) is 6.20 Å². The second kappa shape index (κ2) is 5.02. The molecule has 0 bridgehead atoms. The molecule has 0 aliphatic rings. The molecule has 0 amide bonds. The van der Waals surface area contributed by atoms with Crippen molar-refractivity contribution in [2.24, 2.45) is 0 Å². The van der Waals surface area contributed by atoms with Crippen LogP contribution in [0.4, 0.5) is 0 Å². The molecule has 0 fully saturated rings. The van der Waals surface area contributed by atoms with Crippen molar-refractivity contribution in [3.8, 4) is 0 Å². The summed E-state index contributed by atoms with van der Waals surface area (Å²) in [6.07, 6.45) is 2.45. The first kappa shape index (κ1) is 10.3. The summed E-state index contributed by atoms with van der Waals surface area (Å²) in [5.41, 5.74) is 0.855. The molecular formula is C7H7BrCl2N2. The molecule has 1 N–H and O–H groups in total. The van der Waals surface area contributed by atoms with Gasteiger partial charge in [-0.2, -0.15) is 0 Å². The number of nitrogens with one attached hydrogen (secondary N) is 1. The number of halogens is 3. The third-order valence-corrected chi connectivity index (χ3v) is 2.29. The number of pyridine rings is 1. The van der Waals surface area contributed by atoms with Gasteiger partial charge in [0.05, 0.1) is 10.7 Å². The molecule has 1 heterocycles. The van der Waals surface area contributed by atoms with Crippen molar-refractivity contribution in [1.29, 1.82) is 0 Å². The van der Waals surface area contributed by atoms with Gasteiger partial charge in [-0.15, -0.1) is 0 Å². The summed E-state index contributed by atoms with van der Waals surface area (Å²) in [6.45, 7) is 0.663. The van der Waals surface area contributed by atoms with E-state index in [0.717, 1.165) is 16.6 Å². The highest BCUT2D eigenvalue weighted by atomic mass is 79.9. The normalized spacial score (nSPS) is 10.2. The van der Waals surface area contributed by atoms with Crippen LogP contribution >= 0.6 is 39.3 Å². The third-order valence-electron chi connectivity index (χ3n) is 1.34. The van der Waals surface area contributed by atoms with Crippen LogP contribution in [0.15, 0.2) is 16.7 Å². The summed E-state index contributed by atoms with van der Waals surface area (Å²) in [7, 11) is 0. The maximum Gasteiger partial charge on any atom is 0.0633 e. The van der Waals surface area contributed by atoms with Crippen LogP contribution in [0.2, 0.25) is 5.02 Å². The lowest BCUT2D eigenvalue weighted by atomic mass is 10.3. The van der Waals surface area contributed by atoms with Crippen LogP contribution in [0.3, 0.4) is 0 Å². The zero-order valence-corrected chi connectivity index (χ0v) is 9.25. The van der Waals surface area contributed by atoms with Crippen molar-refractivity contribution in [2.75, 3.05) is 6.54 Å². The van der Waals surface area contributed by atoms with Gasteiger partial charge in [-0.05, 0) is 33.8 Å². The zero-order valence-electron chi connectivity index (χ0n) is 6.15. The van der Waals surface area contributed by atoms with E-state index < -0.39 is 0 Å². The van der Waals surface area contributed by atoms with Crippen LogP contribution in [0, 0.1) is 0 Å². The first-order valence-electron chi connectivity index (χ1n) is 3.37. The Morgan fingerprint density at radius 1 is 1.58 bits per heavy atom. The fraction of sp³-hybridized carbons (Fsp3) is 0.286. The molecule has 66 valence electrons. The molecule has 0 saturated carbocycles. The Morgan fingerprint density at radius 3 is 2.92 bits per heavy atom. The Morgan fingerprint density at radius 2 is 2.33 bits per heavy atom. The van der Waals surface area contributed by atoms with Gasteiger partial charge in [-0.3, -0.25) is 4.98 Å². The molecule has 0 radical (unpaired) electrons. The van der Waals surface area contributed by atoms with Crippen molar-refractivity contribution in [3.05, 3.63) is 27.5 Å². The van der Waals surface area contributed by atoms with Crippen LogP contribution in [0.1, 0.15) is 5.69 Å². The van der Waals surface area contributed by atoms with E-state index in [0.29, 0.717) is 11.6 Å². The van der Waals surface area contributed by atoms with Crippen molar-refractivity contribution in [1.82, 2.24) is 9.82 Å². The maximum atomic E-state index is 5.90.